The molecule has 1 unspecified atom stereocenters. The summed E-state index contributed by atoms with van der Waals surface area (Å²) in [6.07, 6.45) is 4.78. The first-order valence-electron chi connectivity index (χ1n) is 9.07. The lowest BCUT2D eigenvalue weighted by Crippen LogP contribution is -2.42. The van der Waals surface area contributed by atoms with Crippen molar-refractivity contribution in [2.75, 3.05) is 7.05 Å². The average Bonchev–Trinajstić information content (AvgIpc) is 3.04. The topological polar surface area (TPSA) is 24.7 Å². The maximum absolute atomic E-state index is 13.1. The molecule has 1 amide bonds. The molecule has 1 aromatic carbocycles. The van der Waals surface area contributed by atoms with Crippen molar-refractivity contribution in [2.24, 2.45) is 0 Å². The van der Waals surface area contributed by atoms with Crippen LogP contribution >= 0.6 is 0 Å². The second-order valence-electron chi connectivity index (χ2n) is 7.13. The number of pyridine rings is 1. The number of aryl methyl sites for hydroxylation is 1. The van der Waals surface area contributed by atoms with Gasteiger partial charge in [-0.1, -0.05) is 18.2 Å². The van der Waals surface area contributed by atoms with Crippen molar-refractivity contribution in [1.29, 1.82) is 0 Å². The SMILES string of the molecule is CC(C(=O)N(C)[C@@H]1CCc2[c]c3ccccn3c2C1)c1ccc(F)cc1. The maximum Gasteiger partial charge on any atom is 0.229 e. The van der Waals surface area contributed by atoms with Gasteiger partial charge in [0.25, 0.3) is 0 Å². The van der Waals surface area contributed by atoms with Gasteiger partial charge in [-0.2, -0.15) is 0 Å². The third kappa shape index (κ3) is 2.90. The molecule has 2 aromatic heterocycles. The summed E-state index contributed by atoms with van der Waals surface area (Å²) < 4.78 is 15.3. The summed E-state index contributed by atoms with van der Waals surface area (Å²) in [6, 6.07) is 16.0. The number of hydrogen-bond donors (Lipinski definition) is 0. The van der Waals surface area contributed by atoms with E-state index >= 15 is 0 Å². The van der Waals surface area contributed by atoms with Crippen LogP contribution in [0.5, 0.6) is 0 Å². The molecule has 4 rings (SSSR count). The van der Waals surface area contributed by atoms with Crippen molar-refractivity contribution in [3.63, 3.8) is 0 Å². The van der Waals surface area contributed by atoms with Gasteiger partial charge < -0.3 is 9.30 Å². The molecule has 0 fully saturated rings. The Morgan fingerprint density at radius 1 is 1.27 bits per heavy atom. The van der Waals surface area contributed by atoms with Gasteiger partial charge in [-0.15, -0.1) is 0 Å². The molecule has 1 aliphatic rings. The Balaban J connectivity index is 1.54. The van der Waals surface area contributed by atoms with Gasteiger partial charge in [-0.25, -0.2) is 4.39 Å². The molecule has 0 aliphatic heterocycles. The molecule has 2 atom stereocenters. The number of carbonyl (C=O) groups is 1. The van der Waals surface area contributed by atoms with Gasteiger partial charge in [0.05, 0.1) is 11.4 Å². The number of amides is 1. The van der Waals surface area contributed by atoms with Crippen LogP contribution in [0, 0.1) is 11.9 Å². The molecule has 3 nitrogen and oxygen atoms in total. The molecule has 0 saturated heterocycles. The van der Waals surface area contributed by atoms with Gasteiger partial charge in [0.15, 0.2) is 0 Å². The fraction of sp³-hybridized carbons (Fsp3) is 0.318. The first-order chi connectivity index (χ1) is 12.5. The van der Waals surface area contributed by atoms with Crippen LogP contribution in [0.4, 0.5) is 4.39 Å². The van der Waals surface area contributed by atoms with Crippen LogP contribution in [0.25, 0.3) is 5.52 Å². The van der Waals surface area contributed by atoms with E-state index in [4.69, 9.17) is 0 Å². The van der Waals surface area contributed by atoms with E-state index in [1.165, 1.54) is 23.4 Å². The minimum atomic E-state index is -0.280. The van der Waals surface area contributed by atoms with Crippen molar-refractivity contribution >= 4 is 11.4 Å². The van der Waals surface area contributed by atoms with E-state index in [-0.39, 0.29) is 23.7 Å². The second-order valence-corrected chi connectivity index (χ2v) is 7.13. The lowest BCUT2D eigenvalue weighted by Gasteiger charge is -2.33. The minimum Gasteiger partial charge on any atom is -0.342 e. The number of likely N-dealkylation sites (N-methyl/N-ethyl adjacent to an activating group) is 1. The lowest BCUT2D eigenvalue weighted by atomic mass is 9.91. The molecule has 1 aliphatic carbocycles. The third-order valence-corrected chi connectivity index (χ3v) is 5.57. The summed E-state index contributed by atoms with van der Waals surface area (Å²) >= 11 is 0. The molecular formula is C22H22FN2O. The van der Waals surface area contributed by atoms with Crippen LogP contribution in [-0.2, 0) is 17.6 Å². The number of benzene rings is 1. The number of rotatable bonds is 3. The molecule has 133 valence electrons. The Morgan fingerprint density at radius 2 is 2.04 bits per heavy atom. The van der Waals surface area contributed by atoms with Crippen LogP contribution in [0.2, 0.25) is 0 Å². The highest BCUT2D eigenvalue weighted by Gasteiger charge is 2.29. The van der Waals surface area contributed by atoms with Crippen molar-refractivity contribution in [3.05, 3.63) is 77.4 Å². The van der Waals surface area contributed by atoms with Gasteiger partial charge in [-0.3, -0.25) is 4.79 Å². The van der Waals surface area contributed by atoms with Crippen LogP contribution in [0.1, 0.15) is 36.1 Å². The van der Waals surface area contributed by atoms with Gasteiger partial charge >= 0.3 is 0 Å². The van der Waals surface area contributed by atoms with Crippen molar-refractivity contribution < 1.29 is 9.18 Å². The lowest BCUT2D eigenvalue weighted by molar-refractivity contribution is -0.133. The molecule has 1 radical (unpaired) electrons. The highest BCUT2D eigenvalue weighted by Crippen LogP contribution is 2.28. The first-order valence-corrected chi connectivity index (χ1v) is 9.07. The summed E-state index contributed by atoms with van der Waals surface area (Å²) in [5.74, 6) is -0.481. The Morgan fingerprint density at radius 3 is 2.81 bits per heavy atom. The highest BCUT2D eigenvalue weighted by molar-refractivity contribution is 5.83. The van der Waals surface area contributed by atoms with E-state index < -0.39 is 0 Å². The molecule has 0 saturated carbocycles. The zero-order valence-corrected chi connectivity index (χ0v) is 15.1. The molecular weight excluding hydrogens is 327 g/mol. The van der Waals surface area contributed by atoms with Crippen LogP contribution in [0.15, 0.2) is 48.7 Å². The van der Waals surface area contributed by atoms with Crippen LogP contribution in [-0.4, -0.2) is 28.3 Å². The van der Waals surface area contributed by atoms with Gasteiger partial charge in [-0.05, 0) is 55.2 Å². The number of aromatic nitrogens is 1. The van der Waals surface area contributed by atoms with E-state index in [0.717, 1.165) is 30.3 Å². The summed E-state index contributed by atoms with van der Waals surface area (Å²) in [4.78, 5) is 14.8. The quantitative estimate of drug-likeness (QED) is 0.701. The third-order valence-electron chi connectivity index (χ3n) is 5.57. The van der Waals surface area contributed by atoms with E-state index in [2.05, 4.69) is 22.7 Å². The van der Waals surface area contributed by atoms with Gasteiger partial charge in [0.1, 0.15) is 5.82 Å². The first kappa shape index (κ1) is 16.8. The normalized spacial score (nSPS) is 17.7. The highest BCUT2D eigenvalue weighted by atomic mass is 19.1. The molecule has 3 aromatic rings. The Hall–Kier alpha value is -2.62. The summed E-state index contributed by atoms with van der Waals surface area (Å²) in [5.41, 5.74) is 4.46. The molecule has 4 heteroatoms. The molecule has 0 bridgehead atoms. The minimum absolute atomic E-state index is 0.0786. The second kappa shape index (κ2) is 6.60. The van der Waals surface area contributed by atoms with E-state index in [1.807, 2.05) is 31.0 Å². The molecule has 26 heavy (non-hydrogen) atoms. The fourth-order valence-electron chi connectivity index (χ4n) is 3.93. The number of carbonyl (C=O) groups excluding carboxylic acids is 1. The number of halogens is 1. The van der Waals surface area contributed by atoms with Gasteiger partial charge in [0, 0.05) is 37.5 Å². The van der Waals surface area contributed by atoms with E-state index in [1.54, 1.807) is 12.1 Å². The largest absolute Gasteiger partial charge is 0.342 e. The predicted octanol–water partition coefficient (Wildman–Crippen LogP) is 4.00. The van der Waals surface area contributed by atoms with E-state index in [9.17, 15) is 9.18 Å². The number of fused-ring (bicyclic) bond motifs is 3. The zero-order chi connectivity index (χ0) is 18.3. The van der Waals surface area contributed by atoms with Crippen molar-refractivity contribution in [3.8, 4) is 0 Å². The molecule has 2 heterocycles. The fourth-order valence-corrected chi connectivity index (χ4v) is 3.93. The Labute approximate surface area is 153 Å². The van der Waals surface area contributed by atoms with Crippen LogP contribution in [0.3, 0.4) is 0 Å². The monoisotopic (exact) mass is 349 g/mol. The smallest absolute Gasteiger partial charge is 0.229 e. The number of nitrogens with zero attached hydrogens (tertiary/aromatic N) is 2. The summed E-state index contributed by atoms with van der Waals surface area (Å²) in [5, 5.41) is 0. The standard InChI is InChI=1S/C22H22FN2O/c1-15(16-6-9-18(23)10-7-16)22(26)24(2)19-11-8-17-13-20-5-3-4-12-25(20)21(17)14-19/h3-7,9-10,12,15,19H,8,11,14H2,1-2H3/t15?,19-/m1/s1. The maximum atomic E-state index is 13.1. The van der Waals surface area contributed by atoms with Crippen LogP contribution < -0.4 is 0 Å². The summed E-state index contributed by atoms with van der Waals surface area (Å²) in [6.45, 7) is 1.89. The summed E-state index contributed by atoms with van der Waals surface area (Å²) in [7, 11) is 1.89. The zero-order valence-electron chi connectivity index (χ0n) is 15.1. The number of hydrogen-bond acceptors (Lipinski definition) is 1. The van der Waals surface area contributed by atoms with Crippen molar-refractivity contribution in [1.82, 2.24) is 9.30 Å². The van der Waals surface area contributed by atoms with E-state index in [0.29, 0.717) is 0 Å². The Kier molecular flexibility index (Phi) is 4.27. The van der Waals surface area contributed by atoms with Crippen molar-refractivity contribution in [2.45, 2.75) is 38.1 Å². The molecule has 0 spiro atoms. The molecule has 0 N–H and O–H groups in total. The predicted molar refractivity (Wildman–Crippen MR) is 99.6 cm³/mol. The van der Waals surface area contributed by atoms with Gasteiger partial charge in [0.2, 0.25) is 5.91 Å². The average molecular weight is 349 g/mol. The Bertz CT molecular complexity index is 944.